The summed E-state index contributed by atoms with van der Waals surface area (Å²) in [6.07, 6.45) is 1.50. The second-order valence-electron chi connectivity index (χ2n) is 4.19. The zero-order chi connectivity index (χ0) is 13.4. The van der Waals surface area contributed by atoms with Crippen LogP contribution in [0.1, 0.15) is 15.9 Å². The smallest absolute Gasteiger partial charge is 0.285 e. The predicted octanol–water partition coefficient (Wildman–Crippen LogP) is 1.95. The maximum atomic E-state index is 13.6. The number of carbonyl (C=O) groups is 2. The molecule has 4 nitrogen and oxygen atoms in total. The first kappa shape index (κ1) is 11.5. The third kappa shape index (κ3) is 1.79. The molecule has 19 heavy (non-hydrogen) atoms. The fourth-order valence-electron chi connectivity index (χ4n) is 2.07. The number of Topliss-reactive ketones (excluding diaryl/α,β-unsaturated/α-hetero) is 1. The van der Waals surface area contributed by atoms with Gasteiger partial charge < -0.3 is 0 Å². The molecule has 0 bridgehead atoms. The highest BCUT2D eigenvalue weighted by Gasteiger charge is 2.36. The van der Waals surface area contributed by atoms with Gasteiger partial charge in [0.1, 0.15) is 11.6 Å². The van der Waals surface area contributed by atoms with E-state index in [1.54, 1.807) is 30.3 Å². The molecule has 1 amide bonds. The number of nitrogens with zero attached hydrogens (tertiary/aromatic N) is 2. The fourth-order valence-corrected chi connectivity index (χ4v) is 2.07. The molecule has 3 rings (SSSR count). The summed E-state index contributed by atoms with van der Waals surface area (Å²) in [5, 5.41) is 0. The molecule has 0 fully saturated rings. The summed E-state index contributed by atoms with van der Waals surface area (Å²) < 4.78 is 13.6. The van der Waals surface area contributed by atoms with Crippen LogP contribution < -0.4 is 4.90 Å². The van der Waals surface area contributed by atoms with E-state index >= 15 is 0 Å². The molecule has 1 aromatic carbocycles. The standard InChI is InChI=1S/C14H9FN2O2/c15-11-6-2-1-4-9(11)8-17-13-10(5-3-7-16-13)12(18)14(17)19/h1-7H,8H2. The van der Waals surface area contributed by atoms with Crippen molar-refractivity contribution in [2.75, 3.05) is 4.90 Å². The Morgan fingerprint density at radius 3 is 2.68 bits per heavy atom. The molecule has 0 spiro atoms. The van der Waals surface area contributed by atoms with Crippen molar-refractivity contribution in [2.24, 2.45) is 0 Å². The Morgan fingerprint density at radius 2 is 1.89 bits per heavy atom. The quantitative estimate of drug-likeness (QED) is 0.772. The van der Waals surface area contributed by atoms with E-state index in [2.05, 4.69) is 4.98 Å². The van der Waals surface area contributed by atoms with E-state index in [-0.39, 0.29) is 12.1 Å². The number of rotatable bonds is 2. The lowest BCUT2D eigenvalue weighted by Gasteiger charge is -2.15. The van der Waals surface area contributed by atoms with Crippen molar-refractivity contribution in [2.45, 2.75) is 6.54 Å². The normalized spacial score (nSPS) is 13.8. The highest BCUT2D eigenvalue weighted by molar-refractivity contribution is 6.51. The molecule has 1 aromatic heterocycles. The van der Waals surface area contributed by atoms with E-state index < -0.39 is 17.5 Å². The molecule has 0 N–H and O–H groups in total. The molecule has 0 saturated heterocycles. The Morgan fingerprint density at radius 1 is 1.11 bits per heavy atom. The molecule has 5 heteroatoms. The van der Waals surface area contributed by atoms with Crippen molar-refractivity contribution in [3.63, 3.8) is 0 Å². The van der Waals surface area contributed by atoms with Gasteiger partial charge in [-0.05, 0) is 18.2 Å². The first-order valence-electron chi connectivity index (χ1n) is 5.73. The highest BCUT2D eigenvalue weighted by atomic mass is 19.1. The van der Waals surface area contributed by atoms with Crippen molar-refractivity contribution < 1.29 is 14.0 Å². The third-order valence-electron chi connectivity index (χ3n) is 3.01. The molecular formula is C14H9FN2O2. The number of aromatic nitrogens is 1. The van der Waals surface area contributed by atoms with Gasteiger partial charge in [-0.1, -0.05) is 18.2 Å². The molecular weight excluding hydrogens is 247 g/mol. The number of fused-ring (bicyclic) bond motifs is 1. The van der Waals surface area contributed by atoms with Gasteiger partial charge in [-0.2, -0.15) is 0 Å². The van der Waals surface area contributed by atoms with Crippen LogP contribution in [0.5, 0.6) is 0 Å². The van der Waals surface area contributed by atoms with Crippen LogP contribution in [0, 0.1) is 5.82 Å². The number of benzene rings is 1. The molecule has 0 atom stereocenters. The minimum atomic E-state index is -0.669. The minimum absolute atomic E-state index is 0.00125. The predicted molar refractivity (Wildman–Crippen MR) is 66.2 cm³/mol. The molecule has 1 aliphatic heterocycles. The molecule has 94 valence electrons. The highest BCUT2D eigenvalue weighted by Crippen LogP contribution is 2.27. The van der Waals surface area contributed by atoms with E-state index in [1.807, 2.05) is 0 Å². The number of hydrogen-bond donors (Lipinski definition) is 0. The van der Waals surface area contributed by atoms with Crippen molar-refractivity contribution in [1.82, 2.24) is 4.98 Å². The first-order valence-corrected chi connectivity index (χ1v) is 5.73. The van der Waals surface area contributed by atoms with Crippen LogP contribution in [0.3, 0.4) is 0 Å². The van der Waals surface area contributed by atoms with Crippen molar-refractivity contribution in [3.8, 4) is 0 Å². The van der Waals surface area contributed by atoms with Gasteiger partial charge >= 0.3 is 5.91 Å². The lowest BCUT2D eigenvalue weighted by atomic mass is 10.2. The van der Waals surface area contributed by atoms with Gasteiger partial charge in [0.05, 0.1) is 12.1 Å². The van der Waals surface area contributed by atoms with Crippen LogP contribution in [0.25, 0.3) is 0 Å². The van der Waals surface area contributed by atoms with Crippen LogP contribution >= 0.6 is 0 Å². The second kappa shape index (κ2) is 4.28. The summed E-state index contributed by atoms with van der Waals surface area (Å²) >= 11 is 0. The Bertz CT molecular complexity index is 685. The maximum Gasteiger partial charge on any atom is 0.301 e. The van der Waals surface area contributed by atoms with Crippen molar-refractivity contribution in [3.05, 3.63) is 59.5 Å². The van der Waals surface area contributed by atoms with Gasteiger partial charge in [0.15, 0.2) is 0 Å². The topological polar surface area (TPSA) is 50.3 Å². The van der Waals surface area contributed by atoms with E-state index in [0.717, 1.165) is 0 Å². The number of anilines is 1. The monoisotopic (exact) mass is 256 g/mol. The van der Waals surface area contributed by atoms with Crippen LogP contribution in [0.2, 0.25) is 0 Å². The SMILES string of the molecule is O=C1C(=O)N(Cc2ccccc2F)c2ncccc21. The average molecular weight is 256 g/mol. The van der Waals surface area contributed by atoms with Crippen LogP contribution in [0.15, 0.2) is 42.6 Å². The van der Waals surface area contributed by atoms with Gasteiger partial charge in [0.2, 0.25) is 0 Å². The first-order chi connectivity index (χ1) is 9.18. The summed E-state index contributed by atoms with van der Waals surface area (Å²) in [6.45, 7) is 0.00125. The number of amides is 1. The van der Waals surface area contributed by atoms with Gasteiger partial charge in [0, 0.05) is 11.8 Å². The van der Waals surface area contributed by atoms with E-state index in [4.69, 9.17) is 0 Å². The lowest BCUT2D eigenvalue weighted by molar-refractivity contribution is -0.114. The van der Waals surface area contributed by atoms with Gasteiger partial charge in [0.25, 0.3) is 5.78 Å². The molecule has 2 heterocycles. The Labute approximate surface area is 108 Å². The van der Waals surface area contributed by atoms with Gasteiger partial charge in [-0.15, -0.1) is 0 Å². The van der Waals surface area contributed by atoms with E-state index in [1.165, 1.54) is 17.2 Å². The van der Waals surface area contributed by atoms with Crippen LogP contribution in [0.4, 0.5) is 10.2 Å². The van der Waals surface area contributed by atoms with Crippen LogP contribution in [-0.2, 0) is 11.3 Å². The molecule has 2 aromatic rings. The van der Waals surface area contributed by atoms with E-state index in [0.29, 0.717) is 11.4 Å². The largest absolute Gasteiger partial charge is 0.301 e. The number of carbonyl (C=O) groups excluding carboxylic acids is 2. The molecule has 0 radical (unpaired) electrons. The number of hydrogen-bond acceptors (Lipinski definition) is 3. The summed E-state index contributed by atoms with van der Waals surface area (Å²) in [5.74, 6) is -1.38. The van der Waals surface area contributed by atoms with Crippen LogP contribution in [-0.4, -0.2) is 16.7 Å². The van der Waals surface area contributed by atoms with Crippen molar-refractivity contribution >= 4 is 17.5 Å². The average Bonchev–Trinajstić information content (AvgIpc) is 2.67. The number of halogens is 1. The number of pyridine rings is 1. The fraction of sp³-hybridized carbons (Fsp3) is 0.0714. The zero-order valence-corrected chi connectivity index (χ0v) is 9.84. The maximum absolute atomic E-state index is 13.6. The second-order valence-corrected chi connectivity index (χ2v) is 4.19. The minimum Gasteiger partial charge on any atom is -0.285 e. The summed E-state index contributed by atoms with van der Waals surface area (Å²) in [6, 6.07) is 9.29. The Kier molecular flexibility index (Phi) is 2.59. The summed E-state index contributed by atoms with van der Waals surface area (Å²) in [7, 11) is 0. The van der Waals surface area contributed by atoms with Gasteiger partial charge in [-0.25, -0.2) is 9.37 Å². The summed E-state index contributed by atoms with van der Waals surface area (Å²) in [4.78, 5) is 28.9. The third-order valence-corrected chi connectivity index (χ3v) is 3.01. The number of ketones is 1. The Hall–Kier alpha value is -2.56. The molecule has 0 aliphatic carbocycles. The zero-order valence-electron chi connectivity index (χ0n) is 9.84. The van der Waals surface area contributed by atoms with Crippen molar-refractivity contribution in [1.29, 1.82) is 0 Å². The molecule has 0 saturated carbocycles. The van der Waals surface area contributed by atoms with E-state index in [9.17, 15) is 14.0 Å². The Balaban J connectivity index is 2.01. The lowest BCUT2D eigenvalue weighted by Crippen LogP contribution is -2.29. The molecule has 1 aliphatic rings. The van der Waals surface area contributed by atoms with Gasteiger partial charge in [-0.3, -0.25) is 14.5 Å². The molecule has 0 unspecified atom stereocenters. The summed E-state index contributed by atoms with van der Waals surface area (Å²) in [5.41, 5.74) is 0.617.